The van der Waals surface area contributed by atoms with Crippen LogP contribution in [0.5, 0.6) is 0 Å². The predicted molar refractivity (Wildman–Crippen MR) is 106 cm³/mol. The Morgan fingerprint density at radius 1 is 0.923 bits per heavy atom. The fourth-order valence-corrected chi connectivity index (χ4v) is 3.69. The van der Waals surface area contributed by atoms with E-state index in [-0.39, 0.29) is 5.91 Å². The number of fused-ring (bicyclic) bond motifs is 1. The lowest BCUT2D eigenvalue weighted by Gasteiger charge is -2.37. The number of aryl methyl sites for hydroxylation is 1. The average Bonchev–Trinajstić information content (AvgIpc) is 2.69. The Hall–Kier alpha value is -2.88. The van der Waals surface area contributed by atoms with Gasteiger partial charge in [-0.15, -0.1) is 0 Å². The minimum atomic E-state index is 0.101. The van der Waals surface area contributed by atoms with E-state index in [4.69, 9.17) is 0 Å². The maximum Gasteiger partial charge on any atom is 0.254 e. The zero-order chi connectivity index (χ0) is 18.1. The van der Waals surface area contributed by atoms with Crippen LogP contribution in [0.1, 0.15) is 21.5 Å². The highest BCUT2D eigenvalue weighted by atomic mass is 16.2. The monoisotopic (exact) mass is 345 g/mol. The highest BCUT2D eigenvalue weighted by molar-refractivity contribution is 6.06. The van der Waals surface area contributed by atoms with Gasteiger partial charge in [-0.25, -0.2) is 0 Å². The van der Waals surface area contributed by atoms with Crippen LogP contribution in [0.3, 0.4) is 0 Å². The molecule has 4 nitrogen and oxygen atoms in total. The molecule has 0 unspecified atom stereocenters. The van der Waals surface area contributed by atoms with E-state index in [0.717, 1.165) is 42.6 Å². The molecule has 2 aromatic carbocycles. The van der Waals surface area contributed by atoms with Crippen LogP contribution >= 0.6 is 0 Å². The average molecular weight is 345 g/mol. The molecule has 1 fully saturated rings. The van der Waals surface area contributed by atoms with Gasteiger partial charge in [-0.2, -0.15) is 0 Å². The molecule has 0 radical (unpaired) electrons. The van der Waals surface area contributed by atoms with Gasteiger partial charge in [0, 0.05) is 49.0 Å². The van der Waals surface area contributed by atoms with E-state index in [2.05, 4.69) is 41.9 Å². The van der Waals surface area contributed by atoms with Crippen LogP contribution in [0, 0.1) is 13.8 Å². The molecule has 132 valence electrons. The number of carbonyl (C=O) groups excluding carboxylic acids is 1. The Balaban J connectivity index is 1.53. The third kappa shape index (κ3) is 2.92. The topological polar surface area (TPSA) is 36.4 Å². The second kappa shape index (κ2) is 6.79. The summed E-state index contributed by atoms with van der Waals surface area (Å²) in [6, 6.07) is 16.1. The van der Waals surface area contributed by atoms with Crippen molar-refractivity contribution in [1.82, 2.24) is 9.88 Å². The number of rotatable bonds is 2. The first-order valence-electron chi connectivity index (χ1n) is 9.09. The fraction of sp³-hybridized carbons (Fsp3) is 0.273. The van der Waals surface area contributed by atoms with Crippen LogP contribution in [0.15, 0.2) is 54.7 Å². The molecule has 4 heteroatoms. The molecule has 2 heterocycles. The van der Waals surface area contributed by atoms with Gasteiger partial charge >= 0.3 is 0 Å². The van der Waals surface area contributed by atoms with E-state index in [9.17, 15) is 4.79 Å². The summed E-state index contributed by atoms with van der Waals surface area (Å²) in [4.78, 5) is 21.8. The molecule has 0 atom stereocenters. The number of hydrogen-bond acceptors (Lipinski definition) is 3. The third-order valence-electron chi connectivity index (χ3n) is 5.36. The first-order chi connectivity index (χ1) is 12.6. The summed E-state index contributed by atoms with van der Waals surface area (Å²) < 4.78 is 0. The number of anilines is 1. The number of piperazine rings is 1. The van der Waals surface area contributed by atoms with Crippen molar-refractivity contribution in [1.29, 1.82) is 0 Å². The summed E-state index contributed by atoms with van der Waals surface area (Å²) in [5.74, 6) is 0.101. The first kappa shape index (κ1) is 16.6. The van der Waals surface area contributed by atoms with Crippen molar-refractivity contribution >= 4 is 22.5 Å². The second-order valence-electron chi connectivity index (χ2n) is 6.87. The maximum absolute atomic E-state index is 13.1. The van der Waals surface area contributed by atoms with Crippen molar-refractivity contribution in [3.63, 3.8) is 0 Å². The Morgan fingerprint density at radius 3 is 2.50 bits per heavy atom. The summed E-state index contributed by atoms with van der Waals surface area (Å²) >= 11 is 0. The molecule has 1 saturated heterocycles. The van der Waals surface area contributed by atoms with Crippen LogP contribution < -0.4 is 4.90 Å². The van der Waals surface area contributed by atoms with Crippen LogP contribution in [0.4, 0.5) is 5.69 Å². The number of hydrogen-bond donors (Lipinski definition) is 0. The smallest absolute Gasteiger partial charge is 0.254 e. The molecule has 1 aliphatic heterocycles. The highest BCUT2D eigenvalue weighted by Crippen LogP contribution is 2.25. The van der Waals surface area contributed by atoms with Gasteiger partial charge in [0.25, 0.3) is 5.91 Å². The van der Waals surface area contributed by atoms with Crippen molar-refractivity contribution in [2.24, 2.45) is 0 Å². The molecule has 0 spiro atoms. The Labute approximate surface area is 154 Å². The van der Waals surface area contributed by atoms with Crippen LogP contribution in [0.2, 0.25) is 0 Å². The van der Waals surface area contributed by atoms with Crippen molar-refractivity contribution in [2.75, 3.05) is 31.1 Å². The lowest BCUT2D eigenvalue weighted by atomic mass is 10.1. The number of nitrogens with zero attached hydrogens (tertiary/aromatic N) is 3. The largest absolute Gasteiger partial charge is 0.368 e. The quantitative estimate of drug-likeness (QED) is 0.708. The van der Waals surface area contributed by atoms with Gasteiger partial charge in [-0.05, 0) is 49.2 Å². The molecule has 1 aromatic heterocycles. The molecule has 26 heavy (non-hydrogen) atoms. The van der Waals surface area contributed by atoms with Crippen LogP contribution in [-0.4, -0.2) is 42.0 Å². The molecule has 1 amide bonds. The van der Waals surface area contributed by atoms with Gasteiger partial charge < -0.3 is 9.80 Å². The SMILES string of the molecule is Cc1cccc(N2CCN(C(=O)c3cccc4ncccc34)CC2)c1C. The summed E-state index contributed by atoms with van der Waals surface area (Å²) in [5, 5.41) is 0.928. The minimum Gasteiger partial charge on any atom is -0.368 e. The lowest BCUT2D eigenvalue weighted by molar-refractivity contribution is 0.0748. The number of aromatic nitrogens is 1. The molecule has 0 aliphatic carbocycles. The Morgan fingerprint density at radius 2 is 1.69 bits per heavy atom. The molecule has 0 saturated carbocycles. The highest BCUT2D eigenvalue weighted by Gasteiger charge is 2.24. The summed E-state index contributed by atoms with van der Waals surface area (Å²) in [6.07, 6.45) is 1.76. The van der Waals surface area contributed by atoms with Crippen molar-refractivity contribution in [2.45, 2.75) is 13.8 Å². The summed E-state index contributed by atoms with van der Waals surface area (Å²) in [6.45, 7) is 7.52. The molecular formula is C22H23N3O. The van der Waals surface area contributed by atoms with Gasteiger partial charge in [0.15, 0.2) is 0 Å². The normalized spacial score (nSPS) is 14.7. The van der Waals surface area contributed by atoms with E-state index < -0.39 is 0 Å². The minimum absolute atomic E-state index is 0.101. The van der Waals surface area contributed by atoms with E-state index in [0.29, 0.717) is 0 Å². The van der Waals surface area contributed by atoms with E-state index in [1.54, 1.807) is 6.20 Å². The van der Waals surface area contributed by atoms with Gasteiger partial charge in [0.2, 0.25) is 0 Å². The lowest BCUT2D eigenvalue weighted by Crippen LogP contribution is -2.49. The molecule has 1 aliphatic rings. The molecule has 4 rings (SSSR count). The van der Waals surface area contributed by atoms with Crippen molar-refractivity contribution < 1.29 is 4.79 Å². The molecular weight excluding hydrogens is 322 g/mol. The first-order valence-corrected chi connectivity index (χ1v) is 9.09. The second-order valence-corrected chi connectivity index (χ2v) is 6.87. The van der Waals surface area contributed by atoms with Gasteiger partial charge in [0.1, 0.15) is 0 Å². The zero-order valence-corrected chi connectivity index (χ0v) is 15.3. The standard InChI is InChI=1S/C22H23N3O/c1-16-6-3-10-21(17(16)2)24-12-14-25(15-13-24)22(26)19-7-4-9-20-18(19)8-5-11-23-20/h3-11H,12-15H2,1-2H3. The summed E-state index contributed by atoms with van der Waals surface area (Å²) in [5.41, 5.74) is 5.53. The van der Waals surface area contributed by atoms with Crippen LogP contribution in [0.25, 0.3) is 10.9 Å². The van der Waals surface area contributed by atoms with E-state index in [1.165, 1.54) is 16.8 Å². The van der Waals surface area contributed by atoms with E-state index >= 15 is 0 Å². The van der Waals surface area contributed by atoms with E-state index in [1.807, 2.05) is 35.2 Å². The fourth-order valence-electron chi connectivity index (χ4n) is 3.69. The number of pyridine rings is 1. The number of benzene rings is 2. The Kier molecular flexibility index (Phi) is 4.33. The third-order valence-corrected chi connectivity index (χ3v) is 5.36. The maximum atomic E-state index is 13.1. The van der Waals surface area contributed by atoms with Crippen molar-refractivity contribution in [3.8, 4) is 0 Å². The molecule has 3 aromatic rings. The zero-order valence-electron chi connectivity index (χ0n) is 15.3. The summed E-state index contributed by atoms with van der Waals surface area (Å²) in [7, 11) is 0. The van der Waals surface area contributed by atoms with Crippen molar-refractivity contribution in [3.05, 3.63) is 71.4 Å². The van der Waals surface area contributed by atoms with Gasteiger partial charge in [-0.1, -0.05) is 24.3 Å². The van der Waals surface area contributed by atoms with Gasteiger partial charge in [0.05, 0.1) is 5.52 Å². The molecule has 0 bridgehead atoms. The number of amides is 1. The Bertz CT molecular complexity index is 953. The van der Waals surface area contributed by atoms with Crippen LogP contribution in [-0.2, 0) is 0 Å². The van der Waals surface area contributed by atoms with Gasteiger partial charge in [-0.3, -0.25) is 9.78 Å². The number of carbonyl (C=O) groups is 1. The molecule has 0 N–H and O–H groups in total. The predicted octanol–water partition coefficient (Wildman–Crippen LogP) is 3.81.